The maximum absolute atomic E-state index is 10.2. The van der Waals surface area contributed by atoms with E-state index >= 15 is 0 Å². The van der Waals surface area contributed by atoms with Gasteiger partial charge in [-0.3, -0.25) is 0 Å². The van der Waals surface area contributed by atoms with Gasteiger partial charge in [0.25, 0.3) is 0 Å². The van der Waals surface area contributed by atoms with E-state index in [0.29, 0.717) is 23.8 Å². The van der Waals surface area contributed by atoms with Crippen molar-refractivity contribution in [2.75, 3.05) is 26.2 Å². The number of benzene rings is 2. The molecule has 4 heteroatoms. The molecule has 0 bridgehead atoms. The fourth-order valence-corrected chi connectivity index (χ4v) is 3.34. The van der Waals surface area contributed by atoms with Crippen LogP contribution in [0.25, 0.3) is 0 Å². The number of β-amino-alcohol motifs (C(OH)–C–C–N with tert-alkyl or cyclic N) is 1. The lowest BCUT2D eigenvalue weighted by Gasteiger charge is -2.33. The van der Waals surface area contributed by atoms with Crippen molar-refractivity contribution in [3.05, 3.63) is 65.7 Å². The summed E-state index contributed by atoms with van der Waals surface area (Å²) < 4.78 is 5.61. The molecule has 4 nitrogen and oxygen atoms in total. The Hall–Kier alpha value is -2.35. The number of nitriles is 1. The van der Waals surface area contributed by atoms with Gasteiger partial charge in [-0.25, -0.2) is 0 Å². The molecule has 2 aromatic carbocycles. The molecule has 0 aliphatic carbocycles. The van der Waals surface area contributed by atoms with Crippen molar-refractivity contribution in [1.29, 1.82) is 5.26 Å². The van der Waals surface area contributed by atoms with Crippen LogP contribution >= 0.6 is 0 Å². The first-order valence-corrected chi connectivity index (χ1v) is 8.83. The van der Waals surface area contributed by atoms with Gasteiger partial charge in [0.15, 0.2) is 0 Å². The van der Waals surface area contributed by atoms with Crippen LogP contribution in [0.15, 0.2) is 54.6 Å². The molecule has 1 aliphatic heterocycles. The predicted molar refractivity (Wildman–Crippen MR) is 97.5 cm³/mol. The minimum atomic E-state index is -0.510. The normalized spacial score (nSPS) is 17.0. The summed E-state index contributed by atoms with van der Waals surface area (Å²) in [6, 6.07) is 19.7. The third-order valence-electron chi connectivity index (χ3n) is 4.75. The van der Waals surface area contributed by atoms with Crippen LogP contribution in [0.2, 0.25) is 0 Å². The van der Waals surface area contributed by atoms with Gasteiger partial charge < -0.3 is 14.7 Å². The zero-order valence-electron chi connectivity index (χ0n) is 14.3. The van der Waals surface area contributed by atoms with Crippen molar-refractivity contribution < 1.29 is 9.84 Å². The quantitative estimate of drug-likeness (QED) is 0.880. The van der Waals surface area contributed by atoms with E-state index in [0.717, 1.165) is 25.9 Å². The van der Waals surface area contributed by atoms with E-state index in [1.54, 1.807) is 24.3 Å². The Bertz CT molecular complexity index is 686. The fourth-order valence-electron chi connectivity index (χ4n) is 3.34. The Morgan fingerprint density at radius 1 is 1.08 bits per heavy atom. The molecule has 1 heterocycles. The molecule has 0 aromatic heterocycles. The van der Waals surface area contributed by atoms with Crippen molar-refractivity contribution in [2.24, 2.45) is 0 Å². The van der Waals surface area contributed by atoms with Crippen LogP contribution in [0.1, 0.15) is 29.9 Å². The SMILES string of the molecule is N#Cc1ccc(OC[C@H](O)CN2CCC(c3ccccc3)CC2)cc1. The van der Waals surface area contributed by atoms with Crippen LogP contribution < -0.4 is 4.74 Å². The van der Waals surface area contributed by atoms with Gasteiger partial charge in [0, 0.05) is 6.54 Å². The highest BCUT2D eigenvalue weighted by Gasteiger charge is 2.22. The number of likely N-dealkylation sites (tertiary alicyclic amines) is 1. The number of hydrogen-bond acceptors (Lipinski definition) is 4. The second kappa shape index (κ2) is 8.66. The predicted octanol–water partition coefficient (Wildman–Crippen LogP) is 3.18. The minimum Gasteiger partial charge on any atom is -0.491 e. The molecule has 0 amide bonds. The summed E-state index contributed by atoms with van der Waals surface area (Å²) in [5, 5.41) is 19.0. The van der Waals surface area contributed by atoms with Gasteiger partial charge in [-0.1, -0.05) is 30.3 Å². The monoisotopic (exact) mass is 336 g/mol. The van der Waals surface area contributed by atoms with Crippen molar-refractivity contribution in [1.82, 2.24) is 4.90 Å². The lowest BCUT2D eigenvalue weighted by atomic mass is 9.89. The molecule has 1 fully saturated rings. The van der Waals surface area contributed by atoms with Crippen molar-refractivity contribution in [3.8, 4) is 11.8 Å². The standard InChI is InChI=1S/C21H24N2O2/c22-14-17-6-8-21(9-7-17)25-16-20(24)15-23-12-10-19(11-13-23)18-4-2-1-3-5-18/h1-9,19-20,24H,10-13,15-16H2/t20-/m1/s1. The highest BCUT2D eigenvalue weighted by Crippen LogP contribution is 2.27. The minimum absolute atomic E-state index is 0.268. The van der Waals surface area contributed by atoms with Crippen molar-refractivity contribution in [3.63, 3.8) is 0 Å². The van der Waals surface area contributed by atoms with Crippen molar-refractivity contribution in [2.45, 2.75) is 24.9 Å². The molecule has 0 unspecified atom stereocenters. The summed E-state index contributed by atoms with van der Waals surface area (Å²) in [5.41, 5.74) is 2.03. The summed E-state index contributed by atoms with van der Waals surface area (Å²) >= 11 is 0. The number of rotatable bonds is 6. The second-order valence-corrected chi connectivity index (χ2v) is 6.59. The smallest absolute Gasteiger partial charge is 0.119 e. The number of ether oxygens (including phenoxy) is 1. The third-order valence-corrected chi connectivity index (χ3v) is 4.75. The van der Waals surface area contributed by atoms with E-state index in [2.05, 4.69) is 41.3 Å². The molecule has 2 aromatic rings. The highest BCUT2D eigenvalue weighted by atomic mass is 16.5. The first-order valence-electron chi connectivity index (χ1n) is 8.83. The molecule has 0 saturated carbocycles. The molecular formula is C21H24N2O2. The molecule has 1 aliphatic rings. The second-order valence-electron chi connectivity index (χ2n) is 6.59. The van der Waals surface area contributed by atoms with E-state index in [4.69, 9.17) is 10.00 Å². The molecule has 1 atom stereocenters. The lowest BCUT2D eigenvalue weighted by Crippen LogP contribution is -2.40. The van der Waals surface area contributed by atoms with E-state index in [1.807, 2.05) is 0 Å². The summed E-state index contributed by atoms with van der Waals surface area (Å²) in [6.45, 7) is 2.92. The number of aliphatic hydroxyl groups excluding tert-OH is 1. The zero-order valence-corrected chi connectivity index (χ0v) is 14.3. The molecule has 130 valence electrons. The average Bonchev–Trinajstić information content (AvgIpc) is 2.68. The van der Waals surface area contributed by atoms with E-state index in [9.17, 15) is 5.11 Å². The fraction of sp³-hybridized carbons (Fsp3) is 0.381. The first-order chi connectivity index (χ1) is 12.2. The Morgan fingerprint density at radius 2 is 1.76 bits per heavy atom. The van der Waals surface area contributed by atoms with Crippen LogP contribution in [0.3, 0.4) is 0 Å². The number of nitrogens with zero attached hydrogens (tertiary/aromatic N) is 2. The summed E-state index contributed by atoms with van der Waals surface area (Å²) in [6.07, 6.45) is 1.75. The van der Waals surface area contributed by atoms with E-state index in [-0.39, 0.29) is 6.61 Å². The number of aliphatic hydroxyl groups is 1. The Kier molecular flexibility index (Phi) is 6.05. The summed E-state index contributed by atoms with van der Waals surface area (Å²) in [5.74, 6) is 1.31. The molecule has 3 rings (SSSR count). The van der Waals surface area contributed by atoms with Crippen molar-refractivity contribution >= 4 is 0 Å². The third kappa shape index (κ3) is 5.06. The number of hydrogen-bond donors (Lipinski definition) is 1. The van der Waals surface area contributed by atoms with E-state index < -0.39 is 6.10 Å². The average molecular weight is 336 g/mol. The lowest BCUT2D eigenvalue weighted by molar-refractivity contribution is 0.0594. The van der Waals surface area contributed by atoms with Gasteiger partial charge >= 0.3 is 0 Å². The van der Waals surface area contributed by atoms with Gasteiger partial charge in [-0.05, 0) is 61.7 Å². The molecule has 1 saturated heterocycles. The van der Waals surface area contributed by atoms with Gasteiger partial charge in [-0.2, -0.15) is 5.26 Å². The Labute approximate surface area is 149 Å². The van der Waals surface area contributed by atoms with E-state index in [1.165, 1.54) is 5.56 Å². The maximum atomic E-state index is 10.2. The summed E-state index contributed by atoms with van der Waals surface area (Å²) in [7, 11) is 0. The molecule has 0 spiro atoms. The van der Waals surface area contributed by atoms with Crippen LogP contribution in [0.4, 0.5) is 0 Å². The zero-order chi connectivity index (χ0) is 17.5. The largest absolute Gasteiger partial charge is 0.491 e. The molecular weight excluding hydrogens is 312 g/mol. The highest BCUT2D eigenvalue weighted by molar-refractivity contribution is 5.34. The molecule has 25 heavy (non-hydrogen) atoms. The van der Waals surface area contributed by atoms with Gasteiger partial charge in [0.05, 0.1) is 11.6 Å². The Balaban J connectivity index is 1.40. The molecule has 1 N–H and O–H groups in total. The van der Waals surface area contributed by atoms with Gasteiger partial charge in [0.1, 0.15) is 18.5 Å². The van der Waals surface area contributed by atoms with Gasteiger partial charge in [0.2, 0.25) is 0 Å². The van der Waals surface area contributed by atoms with Crippen LogP contribution in [-0.4, -0.2) is 42.4 Å². The van der Waals surface area contributed by atoms with Crippen LogP contribution in [0, 0.1) is 11.3 Å². The van der Waals surface area contributed by atoms with Crippen LogP contribution in [0.5, 0.6) is 5.75 Å². The summed E-state index contributed by atoms with van der Waals surface area (Å²) in [4.78, 5) is 2.31. The number of piperidine rings is 1. The topological polar surface area (TPSA) is 56.5 Å². The maximum Gasteiger partial charge on any atom is 0.119 e. The Morgan fingerprint density at radius 3 is 2.40 bits per heavy atom. The first kappa shape index (κ1) is 17.5. The molecule has 0 radical (unpaired) electrons. The van der Waals surface area contributed by atoms with Gasteiger partial charge in [-0.15, -0.1) is 0 Å². The van der Waals surface area contributed by atoms with Crippen LogP contribution in [-0.2, 0) is 0 Å².